The minimum absolute atomic E-state index is 0.263. The highest BCUT2D eigenvalue weighted by molar-refractivity contribution is 14.1. The molecule has 1 aromatic carbocycles. The topological polar surface area (TPSA) is 37.8 Å². The third kappa shape index (κ3) is 3.72. The highest BCUT2D eigenvalue weighted by atomic mass is 127. The molecule has 1 atom stereocenters. The summed E-state index contributed by atoms with van der Waals surface area (Å²) in [6, 6.07) is 8.88. The molecule has 0 radical (unpaired) electrons. The predicted molar refractivity (Wildman–Crippen MR) is 79.2 cm³/mol. The van der Waals surface area contributed by atoms with Gasteiger partial charge >= 0.3 is 0 Å². The van der Waals surface area contributed by atoms with E-state index in [4.69, 9.17) is 0 Å². The standard InChI is InChI=1S/C12H14IN3S/c1-2-14-11(12-8-15-17-16-12)7-9-3-5-10(13)6-4-9/h3-6,8,11,14H,2,7H2,1H3. The van der Waals surface area contributed by atoms with Gasteiger partial charge < -0.3 is 5.32 Å². The maximum Gasteiger partial charge on any atom is 0.0915 e. The number of likely N-dealkylation sites (N-methyl/N-ethyl adjacent to an activating group) is 1. The Morgan fingerprint density at radius 1 is 1.35 bits per heavy atom. The van der Waals surface area contributed by atoms with Gasteiger partial charge in [0.25, 0.3) is 0 Å². The molecule has 3 nitrogen and oxygen atoms in total. The monoisotopic (exact) mass is 359 g/mol. The summed E-state index contributed by atoms with van der Waals surface area (Å²) in [5, 5.41) is 3.45. The van der Waals surface area contributed by atoms with Crippen molar-refractivity contribution in [3.63, 3.8) is 0 Å². The molecule has 0 amide bonds. The van der Waals surface area contributed by atoms with Gasteiger partial charge in [0.1, 0.15) is 0 Å². The summed E-state index contributed by atoms with van der Waals surface area (Å²) in [6.45, 7) is 3.05. The van der Waals surface area contributed by atoms with Gasteiger partial charge in [0.05, 0.1) is 29.7 Å². The molecule has 2 aromatic rings. The van der Waals surface area contributed by atoms with Gasteiger partial charge in [0.2, 0.25) is 0 Å². The molecule has 0 bridgehead atoms. The van der Waals surface area contributed by atoms with Crippen molar-refractivity contribution < 1.29 is 0 Å². The predicted octanol–water partition coefficient (Wildman–Crippen LogP) is 3.04. The van der Waals surface area contributed by atoms with Gasteiger partial charge in [-0.1, -0.05) is 19.1 Å². The Labute approximate surface area is 119 Å². The second kappa shape index (κ2) is 6.42. The van der Waals surface area contributed by atoms with E-state index in [1.165, 1.54) is 20.9 Å². The van der Waals surface area contributed by atoms with Crippen molar-refractivity contribution >= 4 is 34.3 Å². The van der Waals surface area contributed by atoms with Crippen LogP contribution in [0.1, 0.15) is 24.2 Å². The first-order chi connectivity index (χ1) is 8.29. The average molecular weight is 359 g/mol. The van der Waals surface area contributed by atoms with E-state index in [9.17, 15) is 0 Å². The van der Waals surface area contributed by atoms with Crippen LogP contribution in [0.25, 0.3) is 0 Å². The fourth-order valence-corrected chi connectivity index (χ4v) is 2.54. The molecule has 0 saturated heterocycles. The summed E-state index contributed by atoms with van der Waals surface area (Å²) in [6.07, 6.45) is 2.81. The molecule has 1 N–H and O–H groups in total. The van der Waals surface area contributed by atoms with Crippen LogP contribution in [0.3, 0.4) is 0 Å². The maximum absolute atomic E-state index is 4.32. The Bertz CT molecular complexity index is 441. The van der Waals surface area contributed by atoms with Crippen LogP contribution in [0, 0.1) is 3.57 Å². The van der Waals surface area contributed by atoms with Gasteiger partial charge in [0, 0.05) is 3.57 Å². The van der Waals surface area contributed by atoms with Gasteiger partial charge in [-0.15, -0.1) is 0 Å². The molecule has 0 fully saturated rings. The van der Waals surface area contributed by atoms with Crippen molar-refractivity contribution in [2.45, 2.75) is 19.4 Å². The van der Waals surface area contributed by atoms with E-state index in [0.29, 0.717) is 0 Å². The highest BCUT2D eigenvalue weighted by Gasteiger charge is 2.13. The van der Waals surface area contributed by atoms with Crippen LogP contribution < -0.4 is 5.32 Å². The molecule has 1 unspecified atom stereocenters. The van der Waals surface area contributed by atoms with Crippen molar-refractivity contribution in [2.75, 3.05) is 6.54 Å². The zero-order valence-electron chi connectivity index (χ0n) is 9.56. The van der Waals surface area contributed by atoms with E-state index in [-0.39, 0.29) is 6.04 Å². The summed E-state index contributed by atoms with van der Waals surface area (Å²) in [7, 11) is 0. The Hall–Kier alpha value is -0.530. The van der Waals surface area contributed by atoms with E-state index in [0.717, 1.165) is 18.7 Å². The van der Waals surface area contributed by atoms with E-state index in [1.807, 2.05) is 6.20 Å². The summed E-state index contributed by atoms with van der Waals surface area (Å²) in [5.74, 6) is 0. The molecule has 1 aromatic heterocycles. The fraction of sp³-hybridized carbons (Fsp3) is 0.333. The normalized spacial score (nSPS) is 12.6. The minimum Gasteiger partial charge on any atom is -0.309 e. The first-order valence-corrected chi connectivity index (χ1v) is 7.35. The number of hydrogen-bond acceptors (Lipinski definition) is 4. The number of nitrogens with one attached hydrogen (secondary N) is 1. The van der Waals surface area contributed by atoms with Gasteiger partial charge in [-0.2, -0.15) is 8.75 Å². The Kier molecular flexibility index (Phi) is 4.87. The Morgan fingerprint density at radius 2 is 2.12 bits per heavy atom. The van der Waals surface area contributed by atoms with Crippen molar-refractivity contribution in [3.05, 3.63) is 45.3 Å². The largest absolute Gasteiger partial charge is 0.309 e. The molecule has 2 rings (SSSR count). The first-order valence-electron chi connectivity index (χ1n) is 5.55. The summed E-state index contributed by atoms with van der Waals surface area (Å²) < 4.78 is 9.65. The fourth-order valence-electron chi connectivity index (χ4n) is 1.71. The molecule has 0 aliphatic carbocycles. The number of benzene rings is 1. The van der Waals surface area contributed by atoms with Crippen LogP contribution in [0.2, 0.25) is 0 Å². The third-order valence-electron chi connectivity index (χ3n) is 2.54. The molecule has 90 valence electrons. The van der Waals surface area contributed by atoms with E-state index < -0.39 is 0 Å². The van der Waals surface area contributed by atoms with Gasteiger partial charge in [-0.25, -0.2) is 0 Å². The van der Waals surface area contributed by atoms with Crippen LogP contribution in [0.5, 0.6) is 0 Å². The van der Waals surface area contributed by atoms with Crippen molar-refractivity contribution in [3.8, 4) is 0 Å². The summed E-state index contributed by atoms with van der Waals surface area (Å²) >= 11 is 3.59. The zero-order chi connectivity index (χ0) is 12.1. The smallest absolute Gasteiger partial charge is 0.0915 e. The highest BCUT2D eigenvalue weighted by Crippen LogP contribution is 2.17. The molecular weight excluding hydrogens is 345 g/mol. The minimum atomic E-state index is 0.263. The van der Waals surface area contributed by atoms with Crippen LogP contribution in [-0.2, 0) is 6.42 Å². The molecule has 0 spiro atoms. The van der Waals surface area contributed by atoms with Crippen molar-refractivity contribution in [1.29, 1.82) is 0 Å². The van der Waals surface area contributed by atoms with Crippen molar-refractivity contribution in [1.82, 2.24) is 14.1 Å². The lowest BCUT2D eigenvalue weighted by atomic mass is 10.0. The summed E-state index contributed by atoms with van der Waals surface area (Å²) in [4.78, 5) is 0. The van der Waals surface area contributed by atoms with Crippen LogP contribution in [0.15, 0.2) is 30.5 Å². The van der Waals surface area contributed by atoms with Crippen LogP contribution in [0.4, 0.5) is 0 Å². The molecule has 17 heavy (non-hydrogen) atoms. The number of halogens is 1. The lowest BCUT2D eigenvalue weighted by Gasteiger charge is -2.15. The maximum atomic E-state index is 4.32. The van der Waals surface area contributed by atoms with E-state index >= 15 is 0 Å². The van der Waals surface area contributed by atoms with Crippen LogP contribution >= 0.6 is 34.3 Å². The second-order valence-corrected chi connectivity index (χ2v) is 5.58. The van der Waals surface area contributed by atoms with Crippen LogP contribution in [-0.4, -0.2) is 15.3 Å². The lowest BCUT2D eigenvalue weighted by molar-refractivity contribution is 0.540. The third-order valence-corrected chi connectivity index (χ3v) is 3.75. The number of hydrogen-bond donors (Lipinski definition) is 1. The quantitative estimate of drug-likeness (QED) is 0.834. The average Bonchev–Trinajstić information content (AvgIpc) is 2.85. The zero-order valence-corrected chi connectivity index (χ0v) is 12.5. The van der Waals surface area contributed by atoms with E-state index in [2.05, 4.69) is 67.8 Å². The Morgan fingerprint density at radius 3 is 2.71 bits per heavy atom. The van der Waals surface area contributed by atoms with Crippen molar-refractivity contribution in [2.24, 2.45) is 0 Å². The first kappa shape index (κ1) is 12.9. The lowest BCUT2D eigenvalue weighted by Crippen LogP contribution is -2.23. The second-order valence-electron chi connectivity index (χ2n) is 3.77. The molecule has 0 saturated carbocycles. The molecule has 0 aliphatic rings. The molecular formula is C12H14IN3S. The van der Waals surface area contributed by atoms with Gasteiger partial charge in [0.15, 0.2) is 0 Å². The SMILES string of the molecule is CCNC(Cc1ccc(I)cc1)c1cnsn1. The number of rotatable bonds is 5. The molecule has 1 heterocycles. The molecule has 5 heteroatoms. The molecule has 0 aliphatic heterocycles. The summed E-state index contributed by atoms with van der Waals surface area (Å²) in [5.41, 5.74) is 2.36. The Balaban J connectivity index is 2.10. The van der Waals surface area contributed by atoms with Gasteiger partial charge in [-0.05, 0) is 53.3 Å². The number of aromatic nitrogens is 2. The van der Waals surface area contributed by atoms with E-state index in [1.54, 1.807) is 0 Å². The number of nitrogens with zero attached hydrogens (tertiary/aromatic N) is 2. The van der Waals surface area contributed by atoms with Gasteiger partial charge in [-0.3, -0.25) is 0 Å².